The number of hydrogen-bond donors (Lipinski definition) is 1. The van der Waals surface area contributed by atoms with Gasteiger partial charge < -0.3 is 10.1 Å². The maximum absolute atomic E-state index is 13.7. The lowest BCUT2D eigenvalue weighted by atomic mass is 10.1. The van der Waals surface area contributed by atoms with Crippen molar-refractivity contribution in [3.05, 3.63) is 58.0 Å². The summed E-state index contributed by atoms with van der Waals surface area (Å²) >= 11 is 0. The SMILES string of the molecule is COCCNC(=O)CN(c1ccc(C)c(C)c1)S(=O)(=O)c1ccc2c(c1)n(C)c(=O)n2C. The van der Waals surface area contributed by atoms with Crippen molar-refractivity contribution in [2.75, 3.05) is 31.1 Å². The molecule has 1 heterocycles. The molecule has 0 aliphatic heterocycles. The van der Waals surface area contributed by atoms with E-state index in [9.17, 15) is 18.0 Å². The van der Waals surface area contributed by atoms with Gasteiger partial charge in [-0.15, -0.1) is 0 Å². The molecule has 0 aliphatic carbocycles. The van der Waals surface area contributed by atoms with E-state index in [1.165, 1.54) is 28.4 Å². The van der Waals surface area contributed by atoms with E-state index in [4.69, 9.17) is 4.74 Å². The molecule has 0 saturated heterocycles. The number of carbonyl (C=O) groups excluding carboxylic acids is 1. The van der Waals surface area contributed by atoms with Gasteiger partial charge in [-0.2, -0.15) is 0 Å². The van der Waals surface area contributed by atoms with Crippen LogP contribution in [0.2, 0.25) is 0 Å². The number of ether oxygens (including phenoxy) is 1. The summed E-state index contributed by atoms with van der Waals surface area (Å²) in [5, 5.41) is 2.66. The number of nitrogens with zero attached hydrogens (tertiary/aromatic N) is 3. The average Bonchev–Trinajstić information content (AvgIpc) is 2.98. The molecule has 3 aromatic rings. The summed E-state index contributed by atoms with van der Waals surface area (Å²) in [6.45, 7) is 4.02. The van der Waals surface area contributed by atoms with Gasteiger partial charge in [0.15, 0.2) is 0 Å². The molecule has 2 aromatic carbocycles. The van der Waals surface area contributed by atoms with E-state index in [-0.39, 0.29) is 23.7 Å². The zero-order valence-corrected chi connectivity index (χ0v) is 19.7. The molecule has 0 atom stereocenters. The Balaban J connectivity index is 2.08. The second-order valence-electron chi connectivity index (χ2n) is 7.67. The van der Waals surface area contributed by atoms with Gasteiger partial charge in [0.25, 0.3) is 10.0 Å². The number of amides is 1. The number of nitrogens with one attached hydrogen (secondary N) is 1. The van der Waals surface area contributed by atoms with Crippen LogP contribution in [0.5, 0.6) is 0 Å². The van der Waals surface area contributed by atoms with Gasteiger partial charge >= 0.3 is 5.69 Å². The fourth-order valence-electron chi connectivity index (χ4n) is 3.45. The molecule has 32 heavy (non-hydrogen) atoms. The van der Waals surface area contributed by atoms with Gasteiger partial charge in [-0.25, -0.2) is 13.2 Å². The highest BCUT2D eigenvalue weighted by atomic mass is 32.2. The van der Waals surface area contributed by atoms with Crippen LogP contribution in [0.4, 0.5) is 5.69 Å². The van der Waals surface area contributed by atoms with Crippen LogP contribution < -0.4 is 15.3 Å². The summed E-state index contributed by atoms with van der Waals surface area (Å²) in [5.41, 5.74) is 3.16. The van der Waals surface area contributed by atoms with E-state index in [2.05, 4.69) is 5.32 Å². The summed E-state index contributed by atoms with van der Waals surface area (Å²) in [7, 11) is 0.633. The minimum Gasteiger partial charge on any atom is -0.383 e. The lowest BCUT2D eigenvalue weighted by Gasteiger charge is -2.25. The van der Waals surface area contributed by atoms with Crippen LogP contribution in [-0.2, 0) is 33.7 Å². The van der Waals surface area contributed by atoms with Crippen molar-refractivity contribution in [1.29, 1.82) is 0 Å². The Labute approximate surface area is 187 Å². The van der Waals surface area contributed by atoms with E-state index in [1.807, 2.05) is 19.9 Å². The molecule has 0 aliphatic rings. The minimum absolute atomic E-state index is 0.00544. The van der Waals surface area contributed by atoms with Gasteiger partial charge in [-0.3, -0.25) is 18.2 Å². The summed E-state index contributed by atoms with van der Waals surface area (Å²) in [5.74, 6) is -0.447. The molecule has 1 amide bonds. The second kappa shape index (κ2) is 9.17. The lowest BCUT2D eigenvalue weighted by Crippen LogP contribution is -2.41. The zero-order chi connectivity index (χ0) is 23.6. The average molecular weight is 461 g/mol. The van der Waals surface area contributed by atoms with Crippen molar-refractivity contribution in [1.82, 2.24) is 14.5 Å². The Morgan fingerprint density at radius 1 is 1.03 bits per heavy atom. The summed E-state index contributed by atoms with van der Waals surface area (Å²) in [6, 6.07) is 9.75. The Morgan fingerprint density at radius 3 is 2.38 bits per heavy atom. The van der Waals surface area contributed by atoms with Crippen LogP contribution in [0.15, 0.2) is 46.1 Å². The molecule has 9 nitrogen and oxygen atoms in total. The molecule has 172 valence electrons. The van der Waals surface area contributed by atoms with E-state index in [1.54, 1.807) is 32.3 Å². The molecule has 0 spiro atoms. The fraction of sp³-hybridized carbons (Fsp3) is 0.364. The Hall–Kier alpha value is -3.11. The molecule has 1 aromatic heterocycles. The number of hydrogen-bond acceptors (Lipinski definition) is 5. The highest BCUT2D eigenvalue weighted by molar-refractivity contribution is 7.92. The van der Waals surface area contributed by atoms with Gasteiger partial charge in [0.2, 0.25) is 5.91 Å². The first-order chi connectivity index (χ1) is 15.1. The Bertz CT molecular complexity index is 1320. The van der Waals surface area contributed by atoms with Crippen molar-refractivity contribution < 1.29 is 17.9 Å². The number of rotatable bonds is 8. The molecular weight excluding hydrogens is 432 g/mol. The van der Waals surface area contributed by atoms with E-state index in [0.29, 0.717) is 23.3 Å². The van der Waals surface area contributed by atoms with Crippen LogP contribution in [0.25, 0.3) is 11.0 Å². The van der Waals surface area contributed by atoms with E-state index in [0.717, 1.165) is 15.4 Å². The summed E-state index contributed by atoms with van der Waals surface area (Å²) < 4.78 is 36.2. The molecule has 1 N–H and O–H groups in total. The van der Waals surface area contributed by atoms with E-state index >= 15 is 0 Å². The van der Waals surface area contributed by atoms with Crippen molar-refractivity contribution in [3.8, 4) is 0 Å². The van der Waals surface area contributed by atoms with Crippen LogP contribution >= 0.6 is 0 Å². The number of sulfonamides is 1. The lowest BCUT2D eigenvalue weighted by molar-refractivity contribution is -0.119. The number of aromatic nitrogens is 2. The fourth-order valence-corrected chi connectivity index (χ4v) is 4.88. The highest BCUT2D eigenvalue weighted by Crippen LogP contribution is 2.27. The van der Waals surface area contributed by atoms with Gasteiger partial charge in [0.05, 0.1) is 28.2 Å². The highest BCUT2D eigenvalue weighted by Gasteiger charge is 2.28. The topological polar surface area (TPSA) is 103 Å². The molecular formula is C22H28N4O5S. The molecule has 0 saturated carbocycles. The first kappa shape index (κ1) is 23.6. The van der Waals surface area contributed by atoms with Gasteiger partial charge in [-0.05, 0) is 55.3 Å². The quantitative estimate of drug-likeness (QED) is 0.513. The maximum atomic E-state index is 13.7. The van der Waals surface area contributed by atoms with E-state index < -0.39 is 15.9 Å². The molecule has 0 fully saturated rings. The molecule has 0 radical (unpaired) electrons. The monoisotopic (exact) mass is 460 g/mol. The number of methoxy groups -OCH3 is 1. The molecule has 0 unspecified atom stereocenters. The van der Waals surface area contributed by atoms with Crippen LogP contribution in [0.1, 0.15) is 11.1 Å². The third-order valence-corrected chi connectivity index (χ3v) is 7.30. The maximum Gasteiger partial charge on any atom is 0.328 e. The second-order valence-corrected chi connectivity index (χ2v) is 9.54. The normalized spacial score (nSPS) is 11.7. The van der Waals surface area contributed by atoms with Gasteiger partial charge in [-0.1, -0.05) is 6.07 Å². The Morgan fingerprint density at radius 2 is 1.72 bits per heavy atom. The van der Waals surface area contributed by atoms with Gasteiger partial charge in [0.1, 0.15) is 6.54 Å². The van der Waals surface area contributed by atoms with Crippen LogP contribution in [-0.4, -0.2) is 50.3 Å². The third kappa shape index (κ3) is 4.42. The Kier molecular flexibility index (Phi) is 6.75. The molecule has 0 bridgehead atoms. The third-order valence-electron chi connectivity index (χ3n) is 5.53. The van der Waals surface area contributed by atoms with Crippen molar-refractivity contribution >= 4 is 32.7 Å². The number of imidazole rings is 1. The summed E-state index contributed by atoms with van der Waals surface area (Å²) in [4.78, 5) is 24.8. The number of fused-ring (bicyclic) bond motifs is 1. The number of aryl methyl sites for hydroxylation is 4. The molecule has 3 rings (SSSR count). The molecule has 10 heteroatoms. The predicted octanol–water partition coefficient (Wildman–Crippen LogP) is 1.45. The first-order valence-electron chi connectivity index (χ1n) is 10.1. The predicted molar refractivity (Wildman–Crippen MR) is 123 cm³/mol. The standard InChI is InChI=1S/C22H28N4O5S/c1-15-6-7-17(12-16(15)2)26(14-21(27)23-10-11-31-5)32(29,30)18-8-9-19-20(13-18)25(4)22(28)24(19)3/h6-9,12-13H,10-11,14H2,1-5H3,(H,23,27). The summed E-state index contributed by atoms with van der Waals surface area (Å²) in [6.07, 6.45) is 0. The number of benzene rings is 2. The van der Waals surface area contributed by atoms with Crippen LogP contribution in [0, 0.1) is 13.8 Å². The first-order valence-corrected chi connectivity index (χ1v) is 11.5. The van der Waals surface area contributed by atoms with Crippen LogP contribution in [0.3, 0.4) is 0 Å². The zero-order valence-electron chi connectivity index (χ0n) is 18.9. The van der Waals surface area contributed by atoms with Gasteiger partial charge in [0, 0.05) is 27.7 Å². The smallest absolute Gasteiger partial charge is 0.328 e. The number of carbonyl (C=O) groups is 1. The minimum atomic E-state index is -4.10. The van der Waals surface area contributed by atoms with Crippen molar-refractivity contribution in [3.63, 3.8) is 0 Å². The van der Waals surface area contributed by atoms with Crippen molar-refractivity contribution in [2.24, 2.45) is 14.1 Å². The largest absolute Gasteiger partial charge is 0.383 e. The van der Waals surface area contributed by atoms with Crippen molar-refractivity contribution in [2.45, 2.75) is 18.7 Å². The number of anilines is 1.